The van der Waals surface area contributed by atoms with Crippen LogP contribution < -0.4 is 5.73 Å². The lowest BCUT2D eigenvalue weighted by atomic mass is 10.0. The number of amidine groups is 1. The molecule has 0 aliphatic heterocycles. The zero-order valence-electron chi connectivity index (χ0n) is 9.71. The van der Waals surface area contributed by atoms with E-state index in [1.165, 1.54) is 0 Å². The van der Waals surface area contributed by atoms with Gasteiger partial charge in [0.25, 0.3) is 0 Å². The Bertz CT molecular complexity index is 416. The van der Waals surface area contributed by atoms with Crippen LogP contribution in [0.5, 0.6) is 0 Å². The van der Waals surface area contributed by atoms with Gasteiger partial charge in [-0.3, -0.25) is 5.41 Å². The van der Waals surface area contributed by atoms with Crippen LogP contribution in [0.3, 0.4) is 0 Å². The second-order valence-corrected chi connectivity index (χ2v) is 5.64. The first-order chi connectivity index (χ1) is 8.11. The number of nitrogens with two attached hydrogens (primary N) is 1. The summed E-state index contributed by atoms with van der Waals surface area (Å²) in [5.41, 5.74) is 6.76. The standard InChI is InChI=1S/C13H17BrN2O/c14-11-4-2-1-3-10(11)8-17-9-13(5-6-13)7-12(15)16/h1-4H,5-9H2,(H3,15,16). The minimum Gasteiger partial charge on any atom is -0.388 e. The Morgan fingerprint density at radius 1 is 1.41 bits per heavy atom. The first-order valence-corrected chi connectivity index (χ1v) is 6.55. The molecule has 17 heavy (non-hydrogen) atoms. The van der Waals surface area contributed by atoms with E-state index < -0.39 is 0 Å². The maximum absolute atomic E-state index is 7.34. The van der Waals surface area contributed by atoms with E-state index in [4.69, 9.17) is 15.9 Å². The molecule has 0 radical (unpaired) electrons. The van der Waals surface area contributed by atoms with Gasteiger partial charge in [0, 0.05) is 16.3 Å². The second-order valence-electron chi connectivity index (χ2n) is 4.79. The zero-order chi connectivity index (χ0) is 12.3. The average molecular weight is 297 g/mol. The van der Waals surface area contributed by atoms with Crippen molar-refractivity contribution in [3.05, 3.63) is 34.3 Å². The van der Waals surface area contributed by atoms with Gasteiger partial charge in [-0.25, -0.2) is 0 Å². The molecule has 1 aliphatic carbocycles. The highest BCUT2D eigenvalue weighted by molar-refractivity contribution is 9.10. The molecule has 1 saturated carbocycles. The summed E-state index contributed by atoms with van der Waals surface area (Å²) < 4.78 is 6.83. The monoisotopic (exact) mass is 296 g/mol. The molecule has 0 atom stereocenters. The Morgan fingerprint density at radius 3 is 2.71 bits per heavy atom. The number of hydrogen-bond donors (Lipinski definition) is 2. The topological polar surface area (TPSA) is 59.1 Å². The van der Waals surface area contributed by atoms with Gasteiger partial charge in [-0.1, -0.05) is 34.1 Å². The molecule has 1 aliphatic rings. The van der Waals surface area contributed by atoms with Gasteiger partial charge in [0.05, 0.1) is 19.0 Å². The minimum atomic E-state index is 0.160. The van der Waals surface area contributed by atoms with E-state index in [-0.39, 0.29) is 11.3 Å². The van der Waals surface area contributed by atoms with Crippen molar-refractivity contribution < 1.29 is 4.74 Å². The van der Waals surface area contributed by atoms with E-state index in [0.717, 1.165) is 22.9 Å². The summed E-state index contributed by atoms with van der Waals surface area (Å²) in [6.07, 6.45) is 2.92. The minimum absolute atomic E-state index is 0.160. The lowest BCUT2D eigenvalue weighted by Gasteiger charge is -2.14. The molecule has 4 heteroatoms. The predicted molar refractivity (Wildman–Crippen MR) is 72.0 cm³/mol. The second kappa shape index (κ2) is 5.19. The number of benzene rings is 1. The normalized spacial score (nSPS) is 16.8. The fraction of sp³-hybridized carbons (Fsp3) is 0.462. The summed E-state index contributed by atoms with van der Waals surface area (Å²) in [6.45, 7) is 1.31. The lowest BCUT2D eigenvalue weighted by molar-refractivity contribution is 0.0799. The summed E-state index contributed by atoms with van der Waals surface area (Å²) in [6, 6.07) is 8.06. The van der Waals surface area contributed by atoms with Crippen LogP contribution in [0.1, 0.15) is 24.8 Å². The first-order valence-electron chi connectivity index (χ1n) is 5.75. The van der Waals surface area contributed by atoms with Gasteiger partial charge in [-0.15, -0.1) is 0 Å². The molecule has 1 aromatic rings. The van der Waals surface area contributed by atoms with E-state index in [1.54, 1.807) is 0 Å². The van der Waals surface area contributed by atoms with Crippen LogP contribution in [-0.2, 0) is 11.3 Å². The van der Waals surface area contributed by atoms with Crippen molar-refractivity contribution in [3.8, 4) is 0 Å². The molecule has 1 fully saturated rings. The van der Waals surface area contributed by atoms with Crippen LogP contribution >= 0.6 is 15.9 Å². The van der Waals surface area contributed by atoms with E-state index in [1.807, 2.05) is 18.2 Å². The van der Waals surface area contributed by atoms with Gasteiger partial charge in [0.1, 0.15) is 0 Å². The first kappa shape index (κ1) is 12.6. The maximum atomic E-state index is 7.34. The number of rotatable bonds is 6. The van der Waals surface area contributed by atoms with Crippen molar-refractivity contribution >= 4 is 21.8 Å². The maximum Gasteiger partial charge on any atom is 0.0911 e. The summed E-state index contributed by atoms with van der Waals surface area (Å²) in [4.78, 5) is 0. The van der Waals surface area contributed by atoms with E-state index in [2.05, 4.69) is 22.0 Å². The number of hydrogen-bond acceptors (Lipinski definition) is 2. The summed E-state index contributed by atoms with van der Waals surface area (Å²) in [7, 11) is 0. The summed E-state index contributed by atoms with van der Waals surface area (Å²) >= 11 is 3.50. The van der Waals surface area contributed by atoms with Crippen LogP contribution in [0.4, 0.5) is 0 Å². The Morgan fingerprint density at radius 2 is 2.12 bits per heavy atom. The van der Waals surface area contributed by atoms with Crippen molar-refractivity contribution in [2.24, 2.45) is 11.1 Å². The third-order valence-electron chi connectivity index (χ3n) is 3.15. The Kier molecular flexibility index (Phi) is 3.84. The fourth-order valence-corrected chi connectivity index (χ4v) is 2.35. The molecule has 0 spiro atoms. The third-order valence-corrected chi connectivity index (χ3v) is 3.92. The zero-order valence-corrected chi connectivity index (χ0v) is 11.3. The van der Waals surface area contributed by atoms with Crippen LogP contribution in [0.15, 0.2) is 28.7 Å². The van der Waals surface area contributed by atoms with Crippen LogP contribution in [0, 0.1) is 10.8 Å². The Labute approximate surface area is 110 Å². The molecule has 1 aromatic carbocycles. The molecule has 0 aromatic heterocycles. The SMILES string of the molecule is N=C(N)CC1(COCc2ccccc2Br)CC1. The van der Waals surface area contributed by atoms with Gasteiger partial charge in [0.2, 0.25) is 0 Å². The Balaban J connectivity index is 1.80. The third kappa shape index (κ3) is 3.54. The molecule has 0 heterocycles. The highest BCUT2D eigenvalue weighted by Gasteiger charge is 2.43. The van der Waals surface area contributed by atoms with Crippen LogP contribution in [0.25, 0.3) is 0 Å². The average Bonchev–Trinajstić information content (AvgIpc) is 3.00. The molecule has 0 unspecified atom stereocenters. The molecule has 3 nitrogen and oxygen atoms in total. The van der Waals surface area contributed by atoms with E-state index in [0.29, 0.717) is 19.6 Å². The highest BCUT2D eigenvalue weighted by atomic mass is 79.9. The van der Waals surface area contributed by atoms with E-state index >= 15 is 0 Å². The molecule has 0 saturated heterocycles. The summed E-state index contributed by atoms with van der Waals surface area (Å²) in [5.74, 6) is 0.270. The van der Waals surface area contributed by atoms with Gasteiger partial charge in [-0.05, 0) is 24.5 Å². The number of ether oxygens (including phenoxy) is 1. The van der Waals surface area contributed by atoms with Gasteiger partial charge < -0.3 is 10.5 Å². The highest BCUT2D eigenvalue weighted by Crippen LogP contribution is 2.48. The Hall–Kier alpha value is -0.870. The van der Waals surface area contributed by atoms with E-state index in [9.17, 15) is 0 Å². The van der Waals surface area contributed by atoms with Crippen molar-refractivity contribution in [2.75, 3.05) is 6.61 Å². The smallest absolute Gasteiger partial charge is 0.0911 e. The van der Waals surface area contributed by atoms with Crippen LogP contribution in [-0.4, -0.2) is 12.4 Å². The summed E-state index contributed by atoms with van der Waals surface area (Å²) in [5, 5.41) is 7.34. The molecular formula is C13H17BrN2O. The predicted octanol–water partition coefficient (Wildman–Crippen LogP) is 3.07. The van der Waals surface area contributed by atoms with Gasteiger partial charge >= 0.3 is 0 Å². The molecule has 3 N–H and O–H groups in total. The van der Waals surface area contributed by atoms with Crippen molar-refractivity contribution in [3.63, 3.8) is 0 Å². The largest absolute Gasteiger partial charge is 0.388 e. The van der Waals surface area contributed by atoms with Gasteiger partial charge in [-0.2, -0.15) is 0 Å². The number of halogens is 1. The quantitative estimate of drug-likeness (QED) is 0.626. The number of nitrogens with one attached hydrogen (secondary N) is 1. The van der Waals surface area contributed by atoms with Gasteiger partial charge in [0.15, 0.2) is 0 Å². The molecular weight excluding hydrogens is 280 g/mol. The molecule has 0 amide bonds. The van der Waals surface area contributed by atoms with Crippen molar-refractivity contribution in [1.82, 2.24) is 0 Å². The lowest BCUT2D eigenvalue weighted by Crippen LogP contribution is -2.20. The molecule has 0 bridgehead atoms. The molecule has 92 valence electrons. The van der Waals surface area contributed by atoms with Crippen molar-refractivity contribution in [1.29, 1.82) is 5.41 Å². The van der Waals surface area contributed by atoms with Crippen LogP contribution in [0.2, 0.25) is 0 Å². The fourth-order valence-electron chi connectivity index (χ4n) is 1.95. The van der Waals surface area contributed by atoms with Crippen molar-refractivity contribution in [2.45, 2.75) is 25.9 Å². The molecule has 2 rings (SSSR count).